The zero-order valence-electron chi connectivity index (χ0n) is 11.6. The first kappa shape index (κ1) is 15.0. The van der Waals surface area contributed by atoms with Crippen molar-refractivity contribution in [2.24, 2.45) is 5.10 Å². The van der Waals surface area contributed by atoms with Crippen LogP contribution in [0.4, 0.5) is 5.13 Å². The number of nitrogens with zero attached hydrogens (tertiary/aromatic N) is 2. The Hall–Kier alpha value is -1.89. The molecule has 22 heavy (non-hydrogen) atoms. The van der Waals surface area contributed by atoms with Gasteiger partial charge >= 0.3 is 0 Å². The first-order valence-electron chi connectivity index (χ1n) is 6.42. The summed E-state index contributed by atoms with van der Waals surface area (Å²) in [5.41, 5.74) is 4.71. The van der Waals surface area contributed by atoms with Gasteiger partial charge in [0.2, 0.25) is 5.13 Å². The number of hydrogen-bond donors (Lipinski definition) is 2. The molecule has 4 nitrogen and oxygen atoms in total. The van der Waals surface area contributed by atoms with Crippen LogP contribution < -0.4 is 5.43 Å². The second-order valence-electron chi connectivity index (χ2n) is 4.48. The fourth-order valence-electron chi connectivity index (χ4n) is 1.85. The zero-order valence-corrected chi connectivity index (χ0v) is 14.0. The van der Waals surface area contributed by atoms with Gasteiger partial charge in [-0.2, -0.15) is 5.10 Å². The Balaban J connectivity index is 1.72. The van der Waals surface area contributed by atoms with Gasteiger partial charge < -0.3 is 5.11 Å². The molecule has 0 aliphatic rings. The lowest BCUT2D eigenvalue weighted by molar-refractivity contribution is 0.475. The molecule has 112 valence electrons. The Bertz CT molecular complexity index is 812. The predicted molar refractivity (Wildman–Crippen MR) is 94.5 cm³/mol. The molecule has 3 rings (SSSR count). The minimum atomic E-state index is 0.0583. The Labute approximate surface area is 140 Å². The molecule has 7 heteroatoms. The van der Waals surface area contributed by atoms with E-state index in [4.69, 9.17) is 11.6 Å². The summed E-state index contributed by atoms with van der Waals surface area (Å²) < 4.78 is 0. The second-order valence-corrected chi connectivity index (χ2v) is 7.04. The first-order valence-corrected chi connectivity index (χ1v) is 8.50. The third-order valence-corrected chi connectivity index (χ3v) is 4.95. The van der Waals surface area contributed by atoms with Crippen molar-refractivity contribution in [1.82, 2.24) is 4.98 Å². The number of phenols is 1. The molecular formula is C15H12ClN3OS2. The van der Waals surface area contributed by atoms with Crippen molar-refractivity contribution in [3.8, 4) is 16.3 Å². The second kappa shape index (κ2) is 6.48. The van der Waals surface area contributed by atoms with E-state index in [0.717, 1.165) is 26.1 Å². The van der Waals surface area contributed by atoms with Crippen molar-refractivity contribution >= 4 is 45.6 Å². The zero-order chi connectivity index (χ0) is 15.5. The Morgan fingerprint density at radius 3 is 2.95 bits per heavy atom. The largest absolute Gasteiger partial charge is 0.506 e. The lowest BCUT2D eigenvalue weighted by Gasteiger charge is -1.98. The highest BCUT2D eigenvalue weighted by Crippen LogP contribution is 2.32. The molecule has 0 saturated heterocycles. The molecule has 0 atom stereocenters. The van der Waals surface area contributed by atoms with Crippen molar-refractivity contribution < 1.29 is 5.11 Å². The maximum atomic E-state index is 9.37. The van der Waals surface area contributed by atoms with Crippen LogP contribution >= 0.6 is 34.3 Å². The van der Waals surface area contributed by atoms with E-state index in [0.29, 0.717) is 5.02 Å². The predicted octanol–water partition coefficient (Wildman–Crippen LogP) is 4.99. The van der Waals surface area contributed by atoms with E-state index in [2.05, 4.69) is 21.6 Å². The van der Waals surface area contributed by atoms with E-state index in [1.54, 1.807) is 41.0 Å². The van der Waals surface area contributed by atoms with Gasteiger partial charge in [-0.05, 0) is 42.1 Å². The van der Waals surface area contributed by atoms with E-state index in [-0.39, 0.29) is 5.75 Å². The van der Waals surface area contributed by atoms with Crippen LogP contribution in [0.1, 0.15) is 10.4 Å². The highest BCUT2D eigenvalue weighted by atomic mass is 35.5. The molecule has 0 aliphatic heterocycles. The Kier molecular flexibility index (Phi) is 4.42. The molecule has 3 aromatic rings. The number of thiophene rings is 1. The van der Waals surface area contributed by atoms with Crippen LogP contribution in [0, 0.1) is 6.92 Å². The van der Waals surface area contributed by atoms with Crippen molar-refractivity contribution in [2.45, 2.75) is 6.92 Å². The minimum Gasteiger partial charge on any atom is -0.506 e. The van der Waals surface area contributed by atoms with E-state index < -0.39 is 0 Å². The minimum absolute atomic E-state index is 0.0583. The number of halogens is 1. The maximum absolute atomic E-state index is 9.37. The Morgan fingerprint density at radius 2 is 2.23 bits per heavy atom. The normalized spacial score (nSPS) is 11.2. The van der Waals surface area contributed by atoms with Gasteiger partial charge in [0.05, 0.1) is 21.8 Å². The van der Waals surface area contributed by atoms with Crippen LogP contribution in [0.5, 0.6) is 5.75 Å². The average Bonchev–Trinajstić information content (AvgIpc) is 3.12. The monoisotopic (exact) mass is 349 g/mol. The van der Waals surface area contributed by atoms with E-state index in [1.165, 1.54) is 6.07 Å². The quantitative estimate of drug-likeness (QED) is 0.515. The fraction of sp³-hybridized carbons (Fsp3) is 0.0667. The standard InChI is InChI=1S/C15H12ClN3OS2/c1-9-14(13-3-2-6-21-13)18-15(22-9)19-17-8-10-4-5-12(20)11(16)7-10/h2-8,20H,1H3,(H,18,19)/b17-8-. The first-order chi connectivity index (χ1) is 10.6. The lowest BCUT2D eigenvalue weighted by Crippen LogP contribution is -1.90. The molecule has 2 aromatic heterocycles. The molecule has 0 bridgehead atoms. The summed E-state index contributed by atoms with van der Waals surface area (Å²) in [6.07, 6.45) is 1.63. The molecule has 0 spiro atoms. The summed E-state index contributed by atoms with van der Waals surface area (Å²) in [7, 11) is 0. The SMILES string of the molecule is Cc1sc(N/N=C\c2ccc(O)c(Cl)c2)nc1-c1cccs1. The molecular weight excluding hydrogens is 338 g/mol. The number of nitrogens with one attached hydrogen (secondary N) is 1. The summed E-state index contributed by atoms with van der Waals surface area (Å²) in [4.78, 5) is 6.85. The van der Waals surface area contributed by atoms with E-state index in [1.807, 2.05) is 18.4 Å². The molecule has 0 radical (unpaired) electrons. The van der Waals surface area contributed by atoms with Crippen LogP contribution in [0.2, 0.25) is 5.02 Å². The molecule has 0 aliphatic carbocycles. The molecule has 2 N–H and O–H groups in total. The van der Waals surface area contributed by atoms with E-state index >= 15 is 0 Å². The highest BCUT2D eigenvalue weighted by molar-refractivity contribution is 7.17. The highest BCUT2D eigenvalue weighted by Gasteiger charge is 2.09. The van der Waals surface area contributed by atoms with Crippen LogP contribution in [0.25, 0.3) is 10.6 Å². The van der Waals surface area contributed by atoms with Gasteiger partial charge in [0, 0.05) is 4.88 Å². The topological polar surface area (TPSA) is 57.5 Å². The number of benzene rings is 1. The van der Waals surface area contributed by atoms with Gasteiger partial charge in [-0.25, -0.2) is 4.98 Å². The van der Waals surface area contributed by atoms with Crippen LogP contribution in [-0.4, -0.2) is 16.3 Å². The summed E-state index contributed by atoms with van der Waals surface area (Å²) >= 11 is 9.07. The van der Waals surface area contributed by atoms with Crippen LogP contribution in [0.3, 0.4) is 0 Å². The summed E-state index contributed by atoms with van der Waals surface area (Å²) in [6, 6.07) is 8.98. The number of hydrazone groups is 1. The van der Waals surface area contributed by atoms with Crippen molar-refractivity contribution in [3.05, 3.63) is 51.2 Å². The number of aromatic nitrogens is 1. The third kappa shape index (κ3) is 3.30. The number of aryl methyl sites for hydroxylation is 1. The summed E-state index contributed by atoms with van der Waals surface area (Å²) in [5, 5.41) is 16.6. The Morgan fingerprint density at radius 1 is 1.36 bits per heavy atom. The summed E-state index contributed by atoms with van der Waals surface area (Å²) in [5.74, 6) is 0.0583. The van der Waals surface area contributed by atoms with Crippen molar-refractivity contribution in [3.63, 3.8) is 0 Å². The number of phenolic OH excluding ortho intramolecular Hbond substituents is 1. The van der Waals surface area contributed by atoms with Crippen molar-refractivity contribution in [1.29, 1.82) is 0 Å². The van der Waals surface area contributed by atoms with Crippen molar-refractivity contribution in [2.75, 3.05) is 5.43 Å². The number of aromatic hydroxyl groups is 1. The smallest absolute Gasteiger partial charge is 0.204 e. The number of anilines is 1. The van der Waals surface area contributed by atoms with Crippen LogP contribution in [0.15, 0.2) is 40.8 Å². The van der Waals surface area contributed by atoms with Gasteiger partial charge in [0.1, 0.15) is 5.75 Å². The van der Waals surface area contributed by atoms with Crippen LogP contribution in [-0.2, 0) is 0 Å². The van der Waals surface area contributed by atoms with E-state index in [9.17, 15) is 5.11 Å². The molecule has 0 unspecified atom stereocenters. The lowest BCUT2D eigenvalue weighted by atomic mass is 10.2. The third-order valence-electron chi connectivity index (χ3n) is 2.90. The number of thiazole rings is 1. The fourth-order valence-corrected chi connectivity index (χ4v) is 3.65. The number of rotatable bonds is 4. The van der Waals surface area contributed by atoms with Gasteiger partial charge in [-0.1, -0.05) is 17.7 Å². The van der Waals surface area contributed by atoms with Gasteiger partial charge in [-0.15, -0.1) is 22.7 Å². The molecule has 0 amide bonds. The van der Waals surface area contributed by atoms with Gasteiger partial charge in [0.25, 0.3) is 0 Å². The molecule has 0 saturated carbocycles. The number of hydrogen-bond acceptors (Lipinski definition) is 6. The average molecular weight is 350 g/mol. The molecule has 0 fully saturated rings. The maximum Gasteiger partial charge on any atom is 0.204 e. The van der Waals surface area contributed by atoms with Gasteiger partial charge in [-0.3, -0.25) is 5.43 Å². The molecule has 1 aromatic carbocycles. The molecule has 2 heterocycles. The van der Waals surface area contributed by atoms with Gasteiger partial charge in [0.15, 0.2) is 0 Å². The summed E-state index contributed by atoms with van der Waals surface area (Å²) in [6.45, 7) is 2.04.